The molecule has 0 saturated heterocycles. The SMILES string of the molecule is O=C(NCCc1coc(-c2ccc(F)cc2)n1)[C@@H]1C[C@@H]1c1ncn[nH]1. The summed E-state index contributed by atoms with van der Waals surface area (Å²) in [4.78, 5) is 20.5. The predicted molar refractivity (Wildman–Crippen MR) is 85.8 cm³/mol. The minimum atomic E-state index is -0.304. The van der Waals surface area contributed by atoms with Gasteiger partial charge in [-0.05, 0) is 30.7 Å². The molecule has 8 heteroatoms. The van der Waals surface area contributed by atoms with Crippen LogP contribution in [0.2, 0.25) is 0 Å². The molecule has 1 saturated carbocycles. The van der Waals surface area contributed by atoms with E-state index in [-0.39, 0.29) is 23.6 Å². The number of aromatic nitrogens is 4. The van der Waals surface area contributed by atoms with Gasteiger partial charge in [0.05, 0.1) is 5.69 Å². The van der Waals surface area contributed by atoms with Crippen molar-refractivity contribution < 1.29 is 13.6 Å². The van der Waals surface area contributed by atoms with Gasteiger partial charge in [0.15, 0.2) is 0 Å². The molecule has 1 amide bonds. The second-order valence-corrected chi connectivity index (χ2v) is 6.01. The highest BCUT2D eigenvalue weighted by atomic mass is 19.1. The first-order valence-corrected chi connectivity index (χ1v) is 8.04. The van der Waals surface area contributed by atoms with Crippen LogP contribution >= 0.6 is 0 Å². The standard InChI is InChI=1S/C17H16FN5O2/c18-11-3-1-10(2-4-11)17-22-12(8-25-17)5-6-19-16(24)14-7-13(14)15-20-9-21-23-15/h1-4,8-9,13-14H,5-7H2,(H,19,24)(H,20,21,23)/t13-,14+/m0/s1. The van der Waals surface area contributed by atoms with Crippen molar-refractivity contribution in [3.05, 3.63) is 54.2 Å². The number of amides is 1. The highest BCUT2D eigenvalue weighted by Gasteiger charge is 2.45. The van der Waals surface area contributed by atoms with Crippen molar-refractivity contribution in [2.75, 3.05) is 6.54 Å². The fourth-order valence-corrected chi connectivity index (χ4v) is 2.77. The van der Waals surface area contributed by atoms with Crippen LogP contribution in [-0.4, -0.2) is 32.6 Å². The molecular formula is C17H16FN5O2. The lowest BCUT2D eigenvalue weighted by atomic mass is 10.2. The van der Waals surface area contributed by atoms with Crippen molar-refractivity contribution >= 4 is 5.91 Å². The number of oxazole rings is 1. The Morgan fingerprint density at radius 2 is 2.20 bits per heavy atom. The van der Waals surface area contributed by atoms with Crippen LogP contribution in [0.3, 0.4) is 0 Å². The van der Waals surface area contributed by atoms with E-state index in [0.29, 0.717) is 24.4 Å². The molecule has 3 aromatic rings. The Bertz CT molecular complexity index is 860. The molecular weight excluding hydrogens is 325 g/mol. The van der Waals surface area contributed by atoms with E-state index in [2.05, 4.69) is 25.5 Å². The number of aromatic amines is 1. The zero-order valence-corrected chi connectivity index (χ0v) is 13.3. The molecule has 0 radical (unpaired) electrons. The van der Waals surface area contributed by atoms with E-state index in [4.69, 9.17) is 4.42 Å². The molecule has 1 aliphatic carbocycles. The Morgan fingerprint density at radius 3 is 2.96 bits per heavy atom. The van der Waals surface area contributed by atoms with Gasteiger partial charge in [0, 0.05) is 30.4 Å². The Balaban J connectivity index is 1.27. The molecule has 2 heterocycles. The summed E-state index contributed by atoms with van der Waals surface area (Å²) < 4.78 is 18.3. The molecule has 2 atom stereocenters. The number of benzene rings is 1. The van der Waals surface area contributed by atoms with Crippen LogP contribution in [0.25, 0.3) is 11.5 Å². The van der Waals surface area contributed by atoms with E-state index in [1.54, 1.807) is 18.4 Å². The highest BCUT2D eigenvalue weighted by molar-refractivity contribution is 5.82. The quantitative estimate of drug-likeness (QED) is 0.715. The molecule has 1 aliphatic rings. The third-order valence-electron chi connectivity index (χ3n) is 4.24. The molecule has 25 heavy (non-hydrogen) atoms. The van der Waals surface area contributed by atoms with Gasteiger partial charge in [-0.3, -0.25) is 9.89 Å². The summed E-state index contributed by atoms with van der Waals surface area (Å²) in [5, 5.41) is 9.51. The third kappa shape index (κ3) is 3.42. The number of carbonyl (C=O) groups excluding carboxylic acids is 1. The highest BCUT2D eigenvalue weighted by Crippen LogP contribution is 2.45. The number of hydrogen-bond acceptors (Lipinski definition) is 5. The normalized spacial score (nSPS) is 18.9. The van der Waals surface area contributed by atoms with Crippen LogP contribution in [0.4, 0.5) is 4.39 Å². The van der Waals surface area contributed by atoms with E-state index in [9.17, 15) is 9.18 Å². The summed E-state index contributed by atoms with van der Waals surface area (Å²) in [5.74, 6) is 1.01. The fraction of sp³-hybridized carbons (Fsp3) is 0.294. The fourth-order valence-electron chi connectivity index (χ4n) is 2.77. The van der Waals surface area contributed by atoms with Crippen LogP contribution in [-0.2, 0) is 11.2 Å². The maximum Gasteiger partial charge on any atom is 0.226 e. The van der Waals surface area contributed by atoms with E-state index in [1.165, 1.54) is 18.5 Å². The Hall–Kier alpha value is -3.03. The van der Waals surface area contributed by atoms with Gasteiger partial charge < -0.3 is 9.73 Å². The van der Waals surface area contributed by atoms with Crippen LogP contribution < -0.4 is 5.32 Å². The topological polar surface area (TPSA) is 96.7 Å². The molecule has 4 rings (SSSR count). The summed E-state index contributed by atoms with van der Waals surface area (Å²) in [7, 11) is 0. The summed E-state index contributed by atoms with van der Waals surface area (Å²) in [6, 6.07) is 5.95. The van der Waals surface area contributed by atoms with Gasteiger partial charge in [0.2, 0.25) is 11.8 Å². The molecule has 0 spiro atoms. The van der Waals surface area contributed by atoms with Crippen molar-refractivity contribution in [3.8, 4) is 11.5 Å². The van der Waals surface area contributed by atoms with Gasteiger partial charge in [-0.15, -0.1) is 0 Å². The third-order valence-corrected chi connectivity index (χ3v) is 4.24. The van der Waals surface area contributed by atoms with Gasteiger partial charge in [-0.1, -0.05) is 0 Å². The van der Waals surface area contributed by atoms with E-state index < -0.39 is 0 Å². The summed E-state index contributed by atoms with van der Waals surface area (Å²) in [6.45, 7) is 0.480. The smallest absolute Gasteiger partial charge is 0.226 e. The number of hydrogen-bond donors (Lipinski definition) is 2. The number of halogens is 1. The average Bonchev–Trinajstić information content (AvgIpc) is 3.02. The maximum absolute atomic E-state index is 12.9. The van der Waals surface area contributed by atoms with Crippen molar-refractivity contribution in [2.24, 2.45) is 5.92 Å². The second kappa shape index (κ2) is 6.46. The number of H-pyrrole nitrogens is 1. The molecule has 1 fully saturated rings. The van der Waals surface area contributed by atoms with Crippen LogP contribution in [0.5, 0.6) is 0 Å². The van der Waals surface area contributed by atoms with E-state index in [0.717, 1.165) is 17.9 Å². The summed E-state index contributed by atoms with van der Waals surface area (Å²) >= 11 is 0. The van der Waals surface area contributed by atoms with Crippen LogP contribution in [0, 0.1) is 11.7 Å². The lowest BCUT2D eigenvalue weighted by molar-refractivity contribution is -0.122. The first-order valence-electron chi connectivity index (χ1n) is 8.04. The largest absolute Gasteiger partial charge is 0.444 e. The van der Waals surface area contributed by atoms with E-state index >= 15 is 0 Å². The summed E-state index contributed by atoms with van der Waals surface area (Å²) in [5.41, 5.74) is 1.45. The molecule has 2 aromatic heterocycles. The van der Waals surface area contributed by atoms with Gasteiger partial charge in [-0.25, -0.2) is 14.4 Å². The number of nitrogens with one attached hydrogen (secondary N) is 2. The number of carbonyl (C=O) groups is 1. The van der Waals surface area contributed by atoms with Gasteiger partial charge in [-0.2, -0.15) is 5.10 Å². The Morgan fingerprint density at radius 1 is 1.36 bits per heavy atom. The molecule has 0 aliphatic heterocycles. The number of nitrogens with zero attached hydrogens (tertiary/aromatic N) is 3. The minimum Gasteiger partial charge on any atom is -0.444 e. The van der Waals surface area contributed by atoms with Gasteiger partial charge in [0.25, 0.3) is 0 Å². The monoisotopic (exact) mass is 341 g/mol. The average molecular weight is 341 g/mol. The zero-order chi connectivity index (χ0) is 17.2. The first kappa shape index (κ1) is 15.5. The molecule has 2 N–H and O–H groups in total. The Kier molecular flexibility index (Phi) is 4.01. The van der Waals surface area contributed by atoms with Gasteiger partial charge in [0.1, 0.15) is 24.2 Å². The molecule has 0 bridgehead atoms. The predicted octanol–water partition coefficient (Wildman–Crippen LogP) is 2.06. The molecule has 128 valence electrons. The van der Waals surface area contributed by atoms with Crippen molar-refractivity contribution in [2.45, 2.75) is 18.8 Å². The molecule has 0 unspecified atom stereocenters. The lowest BCUT2D eigenvalue weighted by Crippen LogP contribution is -2.27. The summed E-state index contributed by atoms with van der Waals surface area (Å²) in [6.07, 6.45) is 4.36. The van der Waals surface area contributed by atoms with Crippen molar-refractivity contribution in [1.82, 2.24) is 25.5 Å². The molecule has 7 nitrogen and oxygen atoms in total. The van der Waals surface area contributed by atoms with Crippen LogP contribution in [0.1, 0.15) is 23.9 Å². The van der Waals surface area contributed by atoms with Crippen molar-refractivity contribution in [1.29, 1.82) is 0 Å². The van der Waals surface area contributed by atoms with Gasteiger partial charge >= 0.3 is 0 Å². The molecule has 1 aromatic carbocycles. The number of rotatable bonds is 6. The maximum atomic E-state index is 12.9. The first-order chi connectivity index (χ1) is 12.2. The Labute approximate surface area is 142 Å². The zero-order valence-electron chi connectivity index (χ0n) is 13.3. The van der Waals surface area contributed by atoms with Crippen molar-refractivity contribution in [3.63, 3.8) is 0 Å². The second-order valence-electron chi connectivity index (χ2n) is 6.01. The van der Waals surface area contributed by atoms with Crippen LogP contribution in [0.15, 0.2) is 41.3 Å². The lowest BCUT2D eigenvalue weighted by Gasteiger charge is -2.02. The van der Waals surface area contributed by atoms with E-state index in [1.807, 2.05) is 0 Å². The minimum absolute atomic E-state index is 0.0173.